The Morgan fingerprint density at radius 1 is 1.00 bits per heavy atom. The third kappa shape index (κ3) is 6.88. The maximum Gasteiger partial charge on any atom is 0.301 e. The SMILES string of the molecule is Cc1ccc2c(NS(=O)(=O)N(C)Cc3ccccc3)c(F)ccc2c1Oc1ncccc1-c1ccnc(N[C@H]2CCCNC2)n1. The van der Waals surface area contributed by atoms with E-state index in [1.807, 2.05) is 43.3 Å². The van der Waals surface area contributed by atoms with Crippen LogP contribution in [0.2, 0.25) is 0 Å². The van der Waals surface area contributed by atoms with Crippen molar-refractivity contribution in [3.63, 3.8) is 0 Å². The molecule has 0 aliphatic carbocycles. The van der Waals surface area contributed by atoms with E-state index in [1.165, 1.54) is 13.1 Å². The molecule has 1 saturated heterocycles. The fourth-order valence-corrected chi connectivity index (χ4v) is 6.27. The van der Waals surface area contributed by atoms with Crippen molar-refractivity contribution >= 4 is 32.6 Å². The fourth-order valence-electron chi connectivity index (χ4n) is 5.33. The molecule has 232 valence electrons. The number of piperidine rings is 1. The molecule has 0 amide bonds. The maximum atomic E-state index is 15.3. The Bertz CT molecular complexity index is 1920. The molecular formula is C33H34FN7O3S. The minimum absolute atomic E-state index is 0.121. The molecule has 1 fully saturated rings. The summed E-state index contributed by atoms with van der Waals surface area (Å²) in [7, 11) is -2.65. The maximum absolute atomic E-state index is 15.3. The Morgan fingerprint density at radius 2 is 1.82 bits per heavy atom. The molecule has 1 atom stereocenters. The van der Waals surface area contributed by atoms with Crippen LogP contribution in [0.25, 0.3) is 22.0 Å². The highest BCUT2D eigenvalue weighted by Crippen LogP contribution is 2.39. The number of nitrogens with one attached hydrogen (secondary N) is 3. The average Bonchev–Trinajstić information content (AvgIpc) is 3.05. The van der Waals surface area contributed by atoms with Crippen molar-refractivity contribution in [3.05, 3.63) is 102 Å². The number of fused-ring (bicyclic) bond motifs is 1. The van der Waals surface area contributed by atoms with Crippen LogP contribution in [0.5, 0.6) is 11.6 Å². The van der Waals surface area contributed by atoms with Crippen LogP contribution < -0.4 is 20.1 Å². The first-order valence-electron chi connectivity index (χ1n) is 14.7. The Morgan fingerprint density at radius 3 is 2.62 bits per heavy atom. The van der Waals surface area contributed by atoms with Gasteiger partial charge in [0.05, 0.1) is 16.9 Å². The Balaban J connectivity index is 1.31. The lowest BCUT2D eigenvalue weighted by Crippen LogP contribution is -2.38. The zero-order valence-corrected chi connectivity index (χ0v) is 25.8. The zero-order valence-electron chi connectivity index (χ0n) is 25.0. The Kier molecular flexibility index (Phi) is 8.87. The summed E-state index contributed by atoms with van der Waals surface area (Å²) in [6, 6.07) is 21.1. The number of ether oxygens (including phenoxy) is 1. The number of rotatable bonds is 10. The van der Waals surface area contributed by atoms with Crippen LogP contribution in [0, 0.1) is 12.7 Å². The van der Waals surface area contributed by atoms with Gasteiger partial charge in [-0.3, -0.25) is 4.72 Å². The molecule has 0 spiro atoms. The van der Waals surface area contributed by atoms with Gasteiger partial charge in [0, 0.05) is 49.3 Å². The van der Waals surface area contributed by atoms with Crippen molar-refractivity contribution in [2.75, 3.05) is 30.2 Å². The highest BCUT2D eigenvalue weighted by Gasteiger charge is 2.23. The van der Waals surface area contributed by atoms with E-state index >= 15 is 4.39 Å². The van der Waals surface area contributed by atoms with Gasteiger partial charge in [-0.15, -0.1) is 0 Å². The van der Waals surface area contributed by atoms with Crippen molar-refractivity contribution in [2.24, 2.45) is 0 Å². The van der Waals surface area contributed by atoms with E-state index < -0.39 is 16.0 Å². The molecule has 3 aromatic carbocycles. The lowest BCUT2D eigenvalue weighted by Gasteiger charge is -2.23. The van der Waals surface area contributed by atoms with E-state index in [9.17, 15) is 8.42 Å². The molecule has 6 rings (SSSR count). The van der Waals surface area contributed by atoms with E-state index in [4.69, 9.17) is 9.72 Å². The first-order valence-corrected chi connectivity index (χ1v) is 16.2. The summed E-state index contributed by atoms with van der Waals surface area (Å²) in [6.45, 7) is 3.84. The van der Waals surface area contributed by atoms with Gasteiger partial charge in [-0.1, -0.05) is 42.5 Å². The summed E-state index contributed by atoms with van der Waals surface area (Å²) in [5.41, 5.74) is 2.67. The third-order valence-electron chi connectivity index (χ3n) is 7.72. The monoisotopic (exact) mass is 627 g/mol. The number of halogens is 1. The Labute approximate surface area is 261 Å². The van der Waals surface area contributed by atoms with Crippen molar-refractivity contribution in [1.82, 2.24) is 24.6 Å². The van der Waals surface area contributed by atoms with E-state index in [0.717, 1.165) is 41.4 Å². The molecule has 1 aliphatic heterocycles. The van der Waals surface area contributed by atoms with Crippen LogP contribution >= 0.6 is 0 Å². The van der Waals surface area contributed by atoms with Gasteiger partial charge in [0.25, 0.3) is 0 Å². The Hall–Kier alpha value is -4.65. The molecule has 3 N–H and O–H groups in total. The number of anilines is 2. The van der Waals surface area contributed by atoms with E-state index in [2.05, 4.69) is 25.3 Å². The second-order valence-electron chi connectivity index (χ2n) is 11.0. The van der Waals surface area contributed by atoms with E-state index in [1.54, 1.807) is 42.7 Å². The molecule has 0 bridgehead atoms. The lowest BCUT2D eigenvalue weighted by molar-refractivity contribution is 0.466. The van der Waals surface area contributed by atoms with Gasteiger partial charge < -0.3 is 15.4 Å². The summed E-state index contributed by atoms with van der Waals surface area (Å²) in [6.07, 6.45) is 5.43. The third-order valence-corrected chi connectivity index (χ3v) is 9.13. The standard InChI is InChI=1S/C33H34FN7O3S/c1-22-12-13-25-26(14-15-28(34)30(25)40-45(42,43)41(2)21-23-8-4-3-5-9-23)31(22)44-32-27(11-7-18-36-32)29-16-19-37-33(39-29)38-24-10-6-17-35-20-24/h3-5,7-9,11-16,18-19,24,35,40H,6,10,17,20-21H2,1-2H3,(H,37,38,39)/t24-/m0/s1. The molecule has 2 aromatic heterocycles. The molecule has 3 heterocycles. The largest absolute Gasteiger partial charge is 0.437 e. The molecule has 5 aromatic rings. The van der Waals surface area contributed by atoms with E-state index in [0.29, 0.717) is 39.6 Å². The number of aryl methyl sites for hydroxylation is 1. The van der Waals surface area contributed by atoms with Crippen molar-refractivity contribution in [1.29, 1.82) is 0 Å². The molecule has 45 heavy (non-hydrogen) atoms. The zero-order chi connectivity index (χ0) is 31.4. The van der Waals surface area contributed by atoms with Crippen molar-refractivity contribution < 1.29 is 17.5 Å². The normalized spacial score (nSPS) is 15.2. The van der Waals surface area contributed by atoms with Crippen LogP contribution in [0.3, 0.4) is 0 Å². The minimum atomic E-state index is -4.10. The van der Waals surface area contributed by atoms with Gasteiger partial charge in [-0.05, 0) is 67.8 Å². The second-order valence-corrected chi connectivity index (χ2v) is 12.8. The number of aromatic nitrogens is 3. The topological polar surface area (TPSA) is 121 Å². The van der Waals surface area contributed by atoms with Crippen LogP contribution in [0.1, 0.15) is 24.0 Å². The number of nitrogens with zero attached hydrogens (tertiary/aromatic N) is 4. The number of hydrogen-bond acceptors (Lipinski definition) is 8. The summed E-state index contributed by atoms with van der Waals surface area (Å²) in [5, 5.41) is 7.65. The number of benzene rings is 3. The fraction of sp³-hybridized carbons (Fsp3) is 0.242. The smallest absolute Gasteiger partial charge is 0.301 e. The van der Waals surface area contributed by atoms with Gasteiger partial charge in [-0.2, -0.15) is 12.7 Å². The summed E-state index contributed by atoms with van der Waals surface area (Å²) >= 11 is 0. The van der Waals surface area contributed by atoms with Crippen molar-refractivity contribution in [2.45, 2.75) is 32.4 Å². The van der Waals surface area contributed by atoms with Crippen LogP contribution in [0.4, 0.5) is 16.0 Å². The van der Waals surface area contributed by atoms with Gasteiger partial charge in [0.1, 0.15) is 11.6 Å². The second kappa shape index (κ2) is 13.1. The van der Waals surface area contributed by atoms with Crippen LogP contribution in [0.15, 0.2) is 85.2 Å². The highest BCUT2D eigenvalue weighted by atomic mass is 32.2. The molecule has 1 aliphatic rings. The predicted octanol–water partition coefficient (Wildman–Crippen LogP) is 5.88. The molecular weight excluding hydrogens is 593 g/mol. The summed E-state index contributed by atoms with van der Waals surface area (Å²) in [5.74, 6) is 0.529. The lowest BCUT2D eigenvalue weighted by atomic mass is 10.0. The summed E-state index contributed by atoms with van der Waals surface area (Å²) < 4.78 is 51.9. The van der Waals surface area contributed by atoms with Crippen LogP contribution in [-0.4, -0.2) is 53.9 Å². The number of pyridine rings is 1. The average molecular weight is 628 g/mol. The van der Waals surface area contributed by atoms with Crippen molar-refractivity contribution in [3.8, 4) is 22.9 Å². The molecule has 0 saturated carbocycles. The first kappa shape index (κ1) is 30.4. The van der Waals surface area contributed by atoms with E-state index in [-0.39, 0.29) is 18.3 Å². The van der Waals surface area contributed by atoms with Gasteiger partial charge >= 0.3 is 10.2 Å². The molecule has 12 heteroatoms. The quantitative estimate of drug-likeness (QED) is 0.176. The van der Waals surface area contributed by atoms with Gasteiger partial charge in [0.2, 0.25) is 11.8 Å². The van der Waals surface area contributed by atoms with Gasteiger partial charge in [0.15, 0.2) is 0 Å². The van der Waals surface area contributed by atoms with Crippen LogP contribution in [-0.2, 0) is 16.8 Å². The molecule has 0 unspecified atom stereocenters. The number of hydrogen-bond donors (Lipinski definition) is 3. The first-order chi connectivity index (χ1) is 21.8. The molecule has 0 radical (unpaired) electrons. The molecule has 10 nitrogen and oxygen atoms in total. The highest BCUT2D eigenvalue weighted by molar-refractivity contribution is 7.90. The minimum Gasteiger partial charge on any atom is -0.437 e. The summed E-state index contributed by atoms with van der Waals surface area (Å²) in [4.78, 5) is 13.6. The van der Waals surface area contributed by atoms with Gasteiger partial charge in [-0.25, -0.2) is 19.3 Å². The predicted molar refractivity (Wildman–Crippen MR) is 174 cm³/mol.